The molecular weight excluding hydrogens is 218 g/mol. The summed E-state index contributed by atoms with van der Waals surface area (Å²) in [6.45, 7) is 2.56. The molecule has 1 fully saturated rings. The molecule has 1 aliphatic rings. The molecule has 17 heavy (non-hydrogen) atoms. The largest absolute Gasteiger partial charge is 0.445 e. The first-order chi connectivity index (χ1) is 8.16. The molecule has 1 aromatic carbocycles. The van der Waals surface area contributed by atoms with Crippen LogP contribution in [0.4, 0.5) is 4.79 Å². The molecular formula is C13H17NO3. The van der Waals surface area contributed by atoms with Gasteiger partial charge in [-0.2, -0.15) is 0 Å². The van der Waals surface area contributed by atoms with Gasteiger partial charge in [0.25, 0.3) is 0 Å². The van der Waals surface area contributed by atoms with E-state index >= 15 is 0 Å². The van der Waals surface area contributed by atoms with Crippen LogP contribution in [0.5, 0.6) is 0 Å². The van der Waals surface area contributed by atoms with Crippen LogP contribution in [0, 0.1) is 0 Å². The molecule has 0 spiro atoms. The van der Waals surface area contributed by atoms with Crippen molar-refractivity contribution in [3.63, 3.8) is 0 Å². The standard InChI is InChI=1S/C13H17NO3/c1-10-7-12(15)8-14(10)13(16)17-9-11-5-3-2-4-6-11/h2-6,10,12,15H,7-9H2,1H3/t10-,12-/m1/s1. The molecule has 1 saturated heterocycles. The molecule has 1 aromatic rings. The van der Waals surface area contributed by atoms with E-state index in [1.807, 2.05) is 37.3 Å². The molecule has 0 radical (unpaired) electrons. The van der Waals surface area contributed by atoms with Crippen LogP contribution in [0.15, 0.2) is 30.3 Å². The number of rotatable bonds is 2. The van der Waals surface area contributed by atoms with Gasteiger partial charge >= 0.3 is 6.09 Å². The second-order valence-corrected chi connectivity index (χ2v) is 4.43. The zero-order valence-corrected chi connectivity index (χ0v) is 9.87. The van der Waals surface area contributed by atoms with E-state index < -0.39 is 6.10 Å². The van der Waals surface area contributed by atoms with Gasteiger partial charge in [0, 0.05) is 6.04 Å². The van der Waals surface area contributed by atoms with E-state index in [0.717, 1.165) is 5.56 Å². The number of carbonyl (C=O) groups is 1. The van der Waals surface area contributed by atoms with E-state index in [2.05, 4.69) is 0 Å². The first kappa shape index (κ1) is 11.9. The first-order valence-electron chi connectivity index (χ1n) is 5.82. The van der Waals surface area contributed by atoms with Gasteiger partial charge in [-0.05, 0) is 18.9 Å². The van der Waals surface area contributed by atoms with Gasteiger partial charge in [-0.1, -0.05) is 30.3 Å². The van der Waals surface area contributed by atoms with Gasteiger partial charge in [-0.15, -0.1) is 0 Å². The summed E-state index contributed by atoms with van der Waals surface area (Å²) < 4.78 is 5.21. The van der Waals surface area contributed by atoms with Crippen molar-refractivity contribution in [2.24, 2.45) is 0 Å². The molecule has 1 aliphatic heterocycles. The van der Waals surface area contributed by atoms with Crippen molar-refractivity contribution >= 4 is 6.09 Å². The first-order valence-corrected chi connectivity index (χ1v) is 5.82. The molecule has 1 N–H and O–H groups in total. The van der Waals surface area contributed by atoms with E-state index in [-0.39, 0.29) is 18.7 Å². The predicted molar refractivity (Wildman–Crippen MR) is 63.4 cm³/mol. The third kappa shape index (κ3) is 2.97. The van der Waals surface area contributed by atoms with Crippen LogP contribution in [-0.4, -0.2) is 34.8 Å². The maximum absolute atomic E-state index is 11.8. The Morgan fingerprint density at radius 3 is 2.76 bits per heavy atom. The Hall–Kier alpha value is -1.55. The molecule has 0 aromatic heterocycles. The number of carbonyl (C=O) groups excluding carboxylic acids is 1. The second kappa shape index (κ2) is 5.19. The maximum atomic E-state index is 11.8. The van der Waals surface area contributed by atoms with Gasteiger partial charge in [-0.3, -0.25) is 0 Å². The normalized spacial score (nSPS) is 23.8. The van der Waals surface area contributed by atoms with Crippen molar-refractivity contribution in [3.8, 4) is 0 Å². The van der Waals surface area contributed by atoms with Crippen molar-refractivity contribution in [2.75, 3.05) is 6.54 Å². The van der Waals surface area contributed by atoms with Crippen LogP contribution >= 0.6 is 0 Å². The lowest BCUT2D eigenvalue weighted by Gasteiger charge is -2.20. The fourth-order valence-corrected chi connectivity index (χ4v) is 2.06. The Kier molecular flexibility index (Phi) is 3.64. The van der Waals surface area contributed by atoms with Crippen LogP contribution in [0.3, 0.4) is 0 Å². The van der Waals surface area contributed by atoms with Crippen LogP contribution in [0.2, 0.25) is 0 Å². The summed E-state index contributed by atoms with van der Waals surface area (Å²) >= 11 is 0. The molecule has 92 valence electrons. The summed E-state index contributed by atoms with van der Waals surface area (Å²) in [5.74, 6) is 0. The third-order valence-corrected chi connectivity index (χ3v) is 2.99. The third-order valence-electron chi connectivity index (χ3n) is 2.99. The molecule has 0 saturated carbocycles. The van der Waals surface area contributed by atoms with E-state index in [9.17, 15) is 9.90 Å². The number of amides is 1. The van der Waals surface area contributed by atoms with Gasteiger partial charge < -0.3 is 14.7 Å². The molecule has 0 unspecified atom stereocenters. The number of β-amino-alcohol motifs (C(OH)–C–C–N with tert-alkyl or cyclic N) is 1. The summed E-state index contributed by atoms with van der Waals surface area (Å²) in [6, 6.07) is 9.61. The Bertz CT molecular complexity index is 380. The minimum absolute atomic E-state index is 0.0493. The van der Waals surface area contributed by atoms with Gasteiger partial charge in [-0.25, -0.2) is 4.79 Å². The van der Waals surface area contributed by atoms with Crippen molar-refractivity contribution in [2.45, 2.75) is 32.1 Å². The zero-order valence-electron chi connectivity index (χ0n) is 9.87. The summed E-state index contributed by atoms with van der Waals surface area (Å²) in [5, 5.41) is 9.45. The summed E-state index contributed by atoms with van der Waals surface area (Å²) in [5.41, 5.74) is 0.966. The predicted octanol–water partition coefficient (Wildman–Crippen LogP) is 1.78. The molecule has 0 aliphatic carbocycles. The quantitative estimate of drug-likeness (QED) is 0.850. The Morgan fingerprint density at radius 1 is 1.47 bits per heavy atom. The zero-order chi connectivity index (χ0) is 12.3. The van der Waals surface area contributed by atoms with Crippen molar-refractivity contribution in [3.05, 3.63) is 35.9 Å². The minimum atomic E-state index is -0.422. The molecule has 2 atom stereocenters. The maximum Gasteiger partial charge on any atom is 0.410 e. The number of aliphatic hydroxyl groups excluding tert-OH is 1. The average Bonchev–Trinajstić information content (AvgIpc) is 2.67. The molecule has 4 nitrogen and oxygen atoms in total. The molecule has 0 bridgehead atoms. The SMILES string of the molecule is C[C@@H]1C[C@@H](O)CN1C(=O)OCc1ccccc1. The van der Waals surface area contributed by atoms with Crippen molar-refractivity contribution < 1.29 is 14.6 Å². The lowest BCUT2D eigenvalue weighted by molar-refractivity contribution is 0.0896. The number of ether oxygens (including phenoxy) is 1. The molecule has 1 amide bonds. The Balaban J connectivity index is 1.86. The fraction of sp³-hybridized carbons (Fsp3) is 0.462. The highest BCUT2D eigenvalue weighted by molar-refractivity contribution is 5.68. The molecule has 1 heterocycles. The summed E-state index contributed by atoms with van der Waals surface area (Å²) in [7, 11) is 0. The Morgan fingerprint density at radius 2 is 2.18 bits per heavy atom. The van der Waals surface area contributed by atoms with E-state index in [1.165, 1.54) is 0 Å². The highest BCUT2D eigenvalue weighted by Gasteiger charge is 2.32. The van der Waals surface area contributed by atoms with E-state index in [4.69, 9.17) is 4.74 Å². The monoisotopic (exact) mass is 235 g/mol. The smallest absolute Gasteiger partial charge is 0.410 e. The van der Waals surface area contributed by atoms with Gasteiger partial charge in [0.2, 0.25) is 0 Å². The summed E-state index contributed by atoms with van der Waals surface area (Å²) in [4.78, 5) is 13.3. The topological polar surface area (TPSA) is 49.8 Å². The average molecular weight is 235 g/mol. The lowest BCUT2D eigenvalue weighted by Crippen LogP contribution is -2.34. The van der Waals surface area contributed by atoms with Crippen LogP contribution in [0.1, 0.15) is 18.9 Å². The van der Waals surface area contributed by atoms with Gasteiger partial charge in [0.1, 0.15) is 6.61 Å². The summed E-state index contributed by atoms with van der Waals surface area (Å²) in [6.07, 6.45) is -0.146. The highest BCUT2D eigenvalue weighted by Crippen LogP contribution is 2.18. The van der Waals surface area contributed by atoms with Crippen LogP contribution in [0.25, 0.3) is 0 Å². The number of hydrogen-bond acceptors (Lipinski definition) is 3. The van der Waals surface area contributed by atoms with Crippen molar-refractivity contribution in [1.82, 2.24) is 4.90 Å². The minimum Gasteiger partial charge on any atom is -0.445 e. The molecule has 4 heteroatoms. The number of nitrogens with zero attached hydrogens (tertiary/aromatic N) is 1. The highest BCUT2D eigenvalue weighted by atomic mass is 16.6. The van der Waals surface area contributed by atoms with Crippen molar-refractivity contribution in [1.29, 1.82) is 0 Å². The Labute approximate surface area is 101 Å². The number of benzene rings is 1. The van der Waals surface area contributed by atoms with E-state index in [1.54, 1.807) is 4.90 Å². The van der Waals surface area contributed by atoms with Crippen LogP contribution in [-0.2, 0) is 11.3 Å². The van der Waals surface area contributed by atoms with Gasteiger partial charge in [0.15, 0.2) is 0 Å². The number of aliphatic hydroxyl groups is 1. The fourth-order valence-electron chi connectivity index (χ4n) is 2.06. The van der Waals surface area contributed by atoms with Gasteiger partial charge in [0.05, 0.1) is 12.6 Å². The second-order valence-electron chi connectivity index (χ2n) is 4.43. The lowest BCUT2D eigenvalue weighted by atomic mass is 10.2. The molecule has 2 rings (SSSR count). The van der Waals surface area contributed by atoms with Crippen LogP contribution < -0.4 is 0 Å². The van der Waals surface area contributed by atoms with E-state index in [0.29, 0.717) is 13.0 Å². The number of likely N-dealkylation sites (tertiary alicyclic amines) is 1. The number of hydrogen-bond donors (Lipinski definition) is 1.